The molecule has 0 saturated heterocycles. The van der Waals surface area contributed by atoms with Crippen molar-refractivity contribution < 1.29 is 5.11 Å². The van der Waals surface area contributed by atoms with E-state index in [-0.39, 0.29) is 0 Å². The second-order valence-electron chi connectivity index (χ2n) is 4.94. The highest BCUT2D eigenvalue weighted by Gasteiger charge is 2.19. The highest BCUT2D eigenvalue weighted by Crippen LogP contribution is 2.34. The van der Waals surface area contributed by atoms with E-state index in [1.54, 1.807) is 22.2 Å². The normalized spacial score (nSPS) is 17.2. The quantitative estimate of drug-likeness (QED) is 0.845. The van der Waals surface area contributed by atoms with Crippen LogP contribution in [-0.4, -0.2) is 14.9 Å². The Morgan fingerprint density at radius 3 is 2.94 bits per heavy atom. The Kier molecular flexibility index (Phi) is 3.22. The van der Waals surface area contributed by atoms with Gasteiger partial charge >= 0.3 is 0 Å². The van der Waals surface area contributed by atoms with E-state index < -0.39 is 6.10 Å². The highest BCUT2D eigenvalue weighted by atomic mass is 32.1. The summed E-state index contributed by atoms with van der Waals surface area (Å²) in [6.45, 7) is 0. The fraction of sp³-hybridized carbons (Fsp3) is 0.500. The molecular weight excluding hydrogens is 244 g/mol. The maximum Gasteiger partial charge on any atom is 0.130 e. The zero-order valence-electron chi connectivity index (χ0n) is 10.6. The zero-order chi connectivity index (χ0) is 12.5. The van der Waals surface area contributed by atoms with Crippen LogP contribution in [0.3, 0.4) is 0 Å². The molecule has 0 bridgehead atoms. The molecule has 2 aromatic rings. The molecule has 2 aromatic heterocycles. The van der Waals surface area contributed by atoms with Crippen LogP contribution in [0.15, 0.2) is 18.3 Å². The number of aliphatic hydroxyl groups excluding tert-OH is 1. The summed E-state index contributed by atoms with van der Waals surface area (Å²) in [7, 11) is 1.87. The molecule has 0 spiro atoms. The summed E-state index contributed by atoms with van der Waals surface area (Å²) >= 11 is 1.77. The molecule has 18 heavy (non-hydrogen) atoms. The van der Waals surface area contributed by atoms with Crippen molar-refractivity contribution in [1.29, 1.82) is 0 Å². The van der Waals surface area contributed by atoms with Crippen molar-refractivity contribution in [3.8, 4) is 0 Å². The van der Waals surface area contributed by atoms with E-state index in [1.165, 1.54) is 42.5 Å². The molecule has 2 heterocycles. The second kappa shape index (κ2) is 4.86. The first-order chi connectivity index (χ1) is 8.75. The van der Waals surface area contributed by atoms with E-state index in [1.807, 2.05) is 13.1 Å². The highest BCUT2D eigenvalue weighted by molar-refractivity contribution is 7.12. The van der Waals surface area contributed by atoms with Gasteiger partial charge in [-0.15, -0.1) is 11.3 Å². The third-order valence-electron chi connectivity index (χ3n) is 3.67. The SMILES string of the molecule is Cn1nccc1C(O)c1cc2c(s1)CCCCC2. The van der Waals surface area contributed by atoms with Gasteiger partial charge in [-0.3, -0.25) is 4.68 Å². The molecule has 0 aromatic carbocycles. The molecule has 1 N–H and O–H groups in total. The van der Waals surface area contributed by atoms with Crippen LogP contribution in [-0.2, 0) is 19.9 Å². The van der Waals surface area contributed by atoms with Gasteiger partial charge in [0, 0.05) is 23.0 Å². The minimum absolute atomic E-state index is 0.533. The van der Waals surface area contributed by atoms with Crippen LogP contribution in [0.1, 0.15) is 46.4 Å². The lowest BCUT2D eigenvalue weighted by atomic mass is 10.1. The van der Waals surface area contributed by atoms with Gasteiger partial charge in [0.25, 0.3) is 0 Å². The van der Waals surface area contributed by atoms with Crippen LogP contribution in [0.2, 0.25) is 0 Å². The minimum atomic E-state index is -0.533. The van der Waals surface area contributed by atoms with Gasteiger partial charge in [0.05, 0.1) is 5.69 Å². The molecule has 0 aliphatic heterocycles. The largest absolute Gasteiger partial charge is 0.381 e. The maximum absolute atomic E-state index is 10.4. The Labute approximate surface area is 111 Å². The lowest BCUT2D eigenvalue weighted by Crippen LogP contribution is -2.05. The monoisotopic (exact) mass is 262 g/mol. The minimum Gasteiger partial charge on any atom is -0.381 e. The standard InChI is InChI=1S/C14H18N2OS/c1-16-11(7-8-15-16)14(17)13-9-10-5-3-2-4-6-12(10)18-13/h7-9,14,17H,2-6H2,1H3. The number of fused-ring (bicyclic) bond motifs is 1. The molecule has 1 unspecified atom stereocenters. The summed E-state index contributed by atoms with van der Waals surface area (Å²) in [6, 6.07) is 4.08. The number of aliphatic hydroxyl groups is 1. The van der Waals surface area contributed by atoms with Crippen molar-refractivity contribution >= 4 is 11.3 Å². The lowest BCUT2D eigenvalue weighted by molar-refractivity contribution is 0.213. The van der Waals surface area contributed by atoms with Crippen LogP contribution in [0.25, 0.3) is 0 Å². The first kappa shape index (κ1) is 11.9. The van der Waals surface area contributed by atoms with E-state index >= 15 is 0 Å². The number of aryl methyl sites for hydroxylation is 3. The average molecular weight is 262 g/mol. The molecule has 0 fully saturated rings. The molecule has 1 aliphatic carbocycles. The molecule has 1 aliphatic rings. The predicted molar refractivity (Wildman–Crippen MR) is 72.8 cm³/mol. The van der Waals surface area contributed by atoms with Crippen molar-refractivity contribution in [3.05, 3.63) is 39.3 Å². The Morgan fingerprint density at radius 1 is 1.33 bits per heavy atom. The Hall–Kier alpha value is -1.13. The first-order valence-electron chi connectivity index (χ1n) is 6.53. The molecule has 96 valence electrons. The Balaban J connectivity index is 1.91. The molecule has 0 radical (unpaired) electrons. The van der Waals surface area contributed by atoms with E-state index in [0.29, 0.717) is 0 Å². The van der Waals surface area contributed by atoms with Crippen LogP contribution in [0, 0.1) is 0 Å². The van der Waals surface area contributed by atoms with E-state index in [2.05, 4.69) is 11.2 Å². The van der Waals surface area contributed by atoms with Gasteiger partial charge < -0.3 is 5.11 Å². The average Bonchev–Trinajstić information content (AvgIpc) is 2.90. The van der Waals surface area contributed by atoms with Gasteiger partial charge in [-0.1, -0.05) is 6.42 Å². The summed E-state index contributed by atoms with van der Waals surface area (Å²) in [6.07, 6.45) is 7.45. The summed E-state index contributed by atoms with van der Waals surface area (Å²) in [5, 5.41) is 14.6. The van der Waals surface area contributed by atoms with Crippen molar-refractivity contribution in [1.82, 2.24) is 9.78 Å². The fourth-order valence-electron chi connectivity index (χ4n) is 2.62. The first-order valence-corrected chi connectivity index (χ1v) is 7.35. The number of thiophene rings is 1. The summed E-state index contributed by atoms with van der Waals surface area (Å²) in [4.78, 5) is 2.54. The van der Waals surface area contributed by atoms with Crippen molar-refractivity contribution in [2.45, 2.75) is 38.2 Å². The predicted octanol–water partition coefficient (Wildman–Crippen LogP) is 2.83. The van der Waals surface area contributed by atoms with Gasteiger partial charge in [-0.25, -0.2) is 0 Å². The van der Waals surface area contributed by atoms with E-state index in [9.17, 15) is 5.11 Å². The maximum atomic E-state index is 10.4. The second-order valence-corrected chi connectivity index (χ2v) is 6.11. The number of nitrogens with zero attached hydrogens (tertiary/aromatic N) is 2. The number of hydrogen-bond acceptors (Lipinski definition) is 3. The molecule has 1 atom stereocenters. The van der Waals surface area contributed by atoms with Crippen LogP contribution in [0.4, 0.5) is 0 Å². The van der Waals surface area contributed by atoms with Crippen molar-refractivity contribution in [3.63, 3.8) is 0 Å². The fourth-order valence-corrected chi connectivity index (χ4v) is 3.88. The van der Waals surface area contributed by atoms with Gasteiger partial charge in [0.15, 0.2) is 0 Å². The third-order valence-corrected chi connectivity index (χ3v) is 4.96. The summed E-state index contributed by atoms with van der Waals surface area (Å²) < 4.78 is 1.75. The van der Waals surface area contributed by atoms with E-state index in [0.717, 1.165) is 10.6 Å². The topological polar surface area (TPSA) is 38.0 Å². The van der Waals surface area contributed by atoms with Gasteiger partial charge in [-0.05, 0) is 43.4 Å². The smallest absolute Gasteiger partial charge is 0.130 e. The van der Waals surface area contributed by atoms with Crippen LogP contribution in [0.5, 0.6) is 0 Å². The molecule has 3 rings (SSSR count). The Morgan fingerprint density at radius 2 is 2.17 bits per heavy atom. The summed E-state index contributed by atoms with van der Waals surface area (Å²) in [5.74, 6) is 0. The van der Waals surface area contributed by atoms with Gasteiger partial charge in [0.2, 0.25) is 0 Å². The molecule has 4 heteroatoms. The lowest BCUT2D eigenvalue weighted by Gasteiger charge is -2.08. The van der Waals surface area contributed by atoms with Crippen LogP contribution < -0.4 is 0 Å². The van der Waals surface area contributed by atoms with Crippen molar-refractivity contribution in [2.24, 2.45) is 7.05 Å². The summed E-state index contributed by atoms with van der Waals surface area (Å²) in [5.41, 5.74) is 2.32. The molecule has 0 amide bonds. The zero-order valence-corrected chi connectivity index (χ0v) is 11.4. The molecule has 3 nitrogen and oxygen atoms in total. The van der Waals surface area contributed by atoms with Crippen LogP contribution >= 0.6 is 11.3 Å². The van der Waals surface area contributed by atoms with Gasteiger partial charge in [-0.2, -0.15) is 5.10 Å². The molecule has 0 saturated carbocycles. The third kappa shape index (κ3) is 2.10. The number of rotatable bonds is 2. The van der Waals surface area contributed by atoms with Crippen molar-refractivity contribution in [2.75, 3.05) is 0 Å². The Bertz CT molecular complexity index is 520. The number of hydrogen-bond donors (Lipinski definition) is 1. The number of aromatic nitrogens is 2. The molecular formula is C14H18N2OS. The van der Waals surface area contributed by atoms with Gasteiger partial charge in [0.1, 0.15) is 6.10 Å². The van der Waals surface area contributed by atoms with E-state index in [4.69, 9.17) is 0 Å².